The van der Waals surface area contributed by atoms with Gasteiger partial charge in [-0.05, 0) is 31.2 Å². The van der Waals surface area contributed by atoms with E-state index in [9.17, 15) is 9.59 Å². The van der Waals surface area contributed by atoms with Gasteiger partial charge in [0.2, 0.25) is 11.8 Å². The second kappa shape index (κ2) is 5.87. The van der Waals surface area contributed by atoms with Crippen LogP contribution in [0.1, 0.15) is 25.7 Å². The zero-order chi connectivity index (χ0) is 14.8. The Morgan fingerprint density at radius 3 is 3.05 bits per heavy atom. The largest absolute Gasteiger partial charge is 0.342 e. The lowest BCUT2D eigenvalue weighted by Gasteiger charge is -2.41. The van der Waals surface area contributed by atoms with Crippen molar-refractivity contribution in [3.8, 4) is 0 Å². The highest BCUT2D eigenvalue weighted by atomic mass is 16.2. The Hall–Kier alpha value is -1.85. The maximum Gasteiger partial charge on any atom is 0.244 e. The monoisotopic (exact) mass is 290 g/mol. The molecule has 6 heteroatoms. The molecule has 114 valence electrons. The van der Waals surface area contributed by atoms with Crippen LogP contribution in [-0.2, 0) is 16.1 Å². The second-order valence-electron chi connectivity index (χ2n) is 6.06. The molecule has 3 rings (SSSR count). The number of amides is 2. The lowest BCUT2D eigenvalue weighted by Crippen LogP contribution is -2.52. The standard InChI is InChI=1S/C15H22N4O2/c1-17-13-6-9-18(10-12(13)4-2-5-14(17)20)15(21)11-19-8-3-7-16-19/h3,7-8,12-13H,2,4-6,9-11H2,1H3/t12-,13+/m0/s1. The van der Waals surface area contributed by atoms with Crippen LogP contribution < -0.4 is 0 Å². The van der Waals surface area contributed by atoms with Crippen molar-refractivity contribution < 1.29 is 9.59 Å². The molecular weight excluding hydrogens is 268 g/mol. The fraction of sp³-hybridized carbons (Fsp3) is 0.667. The third kappa shape index (κ3) is 2.94. The first kappa shape index (κ1) is 14.1. The summed E-state index contributed by atoms with van der Waals surface area (Å²) >= 11 is 0. The Morgan fingerprint density at radius 2 is 2.29 bits per heavy atom. The molecule has 0 bridgehead atoms. The van der Waals surface area contributed by atoms with Crippen LogP contribution in [-0.4, -0.2) is 57.6 Å². The number of piperidine rings is 1. The van der Waals surface area contributed by atoms with Crippen molar-refractivity contribution in [1.29, 1.82) is 0 Å². The van der Waals surface area contributed by atoms with Crippen LogP contribution >= 0.6 is 0 Å². The van der Waals surface area contributed by atoms with E-state index >= 15 is 0 Å². The van der Waals surface area contributed by atoms with Crippen LogP contribution in [0.5, 0.6) is 0 Å². The third-order valence-corrected chi connectivity index (χ3v) is 4.76. The average Bonchev–Trinajstić information content (AvgIpc) is 2.94. The van der Waals surface area contributed by atoms with Gasteiger partial charge in [0.05, 0.1) is 0 Å². The molecule has 0 radical (unpaired) electrons. The van der Waals surface area contributed by atoms with Crippen molar-refractivity contribution in [2.45, 2.75) is 38.3 Å². The fourth-order valence-electron chi connectivity index (χ4n) is 3.55. The number of hydrogen-bond donors (Lipinski definition) is 0. The molecule has 0 unspecified atom stereocenters. The van der Waals surface area contributed by atoms with Gasteiger partial charge in [-0.2, -0.15) is 5.10 Å². The summed E-state index contributed by atoms with van der Waals surface area (Å²) in [6.07, 6.45) is 6.99. The molecule has 2 fully saturated rings. The highest BCUT2D eigenvalue weighted by molar-refractivity contribution is 5.77. The fourth-order valence-corrected chi connectivity index (χ4v) is 3.55. The molecule has 0 spiro atoms. The number of likely N-dealkylation sites (tertiary alicyclic amines) is 2. The molecule has 3 heterocycles. The zero-order valence-electron chi connectivity index (χ0n) is 12.4. The highest BCUT2D eigenvalue weighted by Gasteiger charge is 2.36. The van der Waals surface area contributed by atoms with E-state index in [0.717, 1.165) is 32.4 Å². The number of rotatable bonds is 2. The van der Waals surface area contributed by atoms with Crippen molar-refractivity contribution in [1.82, 2.24) is 19.6 Å². The Morgan fingerprint density at radius 1 is 1.43 bits per heavy atom. The molecule has 1 aromatic rings. The number of carbonyl (C=O) groups is 2. The molecule has 0 aromatic carbocycles. The maximum atomic E-state index is 12.4. The summed E-state index contributed by atoms with van der Waals surface area (Å²) in [7, 11) is 1.91. The van der Waals surface area contributed by atoms with E-state index in [1.807, 2.05) is 29.1 Å². The molecule has 0 N–H and O–H groups in total. The number of fused-ring (bicyclic) bond motifs is 1. The van der Waals surface area contributed by atoms with Gasteiger partial charge in [-0.15, -0.1) is 0 Å². The molecular formula is C15H22N4O2. The number of aromatic nitrogens is 2. The van der Waals surface area contributed by atoms with Crippen molar-refractivity contribution in [2.75, 3.05) is 20.1 Å². The van der Waals surface area contributed by atoms with Gasteiger partial charge in [0, 0.05) is 45.0 Å². The SMILES string of the molecule is CN1C(=O)CCC[C@H]2CN(C(=O)Cn3cccn3)CC[C@H]21. The van der Waals surface area contributed by atoms with Gasteiger partial charge in [0.1, 0.15) is 6.54 Å². The first-order chi connectivity index (χ1) is 10.1. The van der Waals surface area contributed by atoms with E-state index in [1.165, 1.54) is 0 Å². The van der Waals surface area contributed by atoms with Gasteiger partial charge < -0.3 is 9.80 Å². The van der Waals surface area contributed by atoms with E-state index in [0.29, 0.717) is 24.9 Å². The molecule has 2 atom stereocenters. The molecule has 1 aromatic heterocycles. The van der Waals surface area contributed by atoms with Crippen LogP contribution in [0.2, 0.25) is 0 Å². The molecule has 0 aliphatic carbocycles. The average molecular weight is 290 g/mol. The van der Waals surface area contributed by atoms with E-state index in [4.69, 9.17) is 0 Å². The summed E-state index contributed by atoms with van der Waals surface area (Å²) in [4.78, 5) is 28.1. The third-order valence-electron chi connectivity index (χ3n) is 4.76. The zero-order valence-corrected chi connectivity index (χ0v) is 12.4. The topological polar surface area (TPSA) is 58.4 Å². The summed E-state index contributed by atoms with van der Waals surface area (Å²) in [6, 6.07) is 2.12. The minimum atomic E-state index is 0.121. The van der Waals surface area contributed by atoms with Crippen LogP contribution in [0.15, 0.2) is 18.5 Å². The predicted molar refractivity (Wildman–Crippen MR) is 77.3 cm³/mol. The number of nitrogens with zero attached hydrogens (tertiary/aromatic N) is 4. The van der Waals surface area contributed by atoms with Crippen LogP contribution in [0.3, 0.4) is 0 Å². The molecule has 2 aliphatic heterocycles. The van der Waals surface area contributed by atoms with Crippen molar-refractivity contribution in [3.05, 3.63) is 18.5 Å². The first-order valence-corrected chi connectivity index (χ1v) is 7.66. The predicted octanol–water partition coefficient (Wildman–Crippen LogP) is 0.742. The highest BCUT2D eigenvalue weighted by Crippen LogP contribution is 2.29. The van der Waals surface area contributed by atoms with Crippen molar-refractivity contribution in [3.63, 3.8) is 0 Å². The molecule has 21 heavy (non-hydrogen) atoms. The van der Waals surface area contributed by atoms with Crippen LogP contribution in [0.4, 0.5) is 0 Å². The molecule has 6 nitrogen and oxygen atoms in total. The molecule has 2 saturated heterocycles. The number of carbonyl (C=O) groups excluding carboxylic acids is 2. The van der Waals surface area contributed by atoms with Gasteiger partial charge in [-0.3, -0.25) is 14.3 Å². The van der Waals surface area contributed by atoms with Gasteiger partial charge in [0.15, 0.2) is 0 Å². The number of hydrogen-bond acceptors (Lipinski definition) is 3. The van der Waals surface area contributed by atoms with E-state index < -0.39 is 0 Å². The van der Waals surface area contributed by atoms with Gasteiger partial charge >= 0.3 is 0 Å². The Balaban J connectivity index is 1.63. The molecule has 0 saturated carbocycles. The molecule has 2 aliphatic rings. The normalized spacial score (nSPS) is 26.4. The maximum absolute atomic E-state index is 12.4. The van der Waals surface area contributed by atoms with E-state index in [-0.39, 0.29) is 11.8 Å². The van der Waals surface area contributed by atoms with Crippen molar-refractivity contribution in [2.24, 2.45) is 5.92 Å². The summed E-state index contributed by atoms with van der Waals surface area (Å²) in [5.41, 5.74) is 0. The lowest BCUT2D eigenvalue weighted by molar-refractivity contribution is -0.137. The molecule has 2 amide bonds. The quantitative estimate of drug-likeness (QED) is 0.807. The minimum absolute atomic E-state index is 0.121. The van der Waals surface area contributed by atoms with Gasteiger partial charge in [-0.1, -0.05) is 0 Å². The Labute approximate surface area is 124 Å². The summed E-state index contributed by atoms with van der Waals surface area (Å²) in [6.45, 7) is 1.81. The van der Waals surface area contributed by atoms with E-state index in [1.54, 1.807) is 10.9 Å². The van der Waals surface area contributed by atoms with Gasteiger partial charge in [0.25, 0.3) is 0 Å². The van der Waals surface area contributed by atoms with Gasteiger partial charge in [-0.25, -0.2) is 0 Å². The van der Waals surface area contributed by atoms with E-state index in [2.05, 4.69) is 5.10 Å². The Kier molecular flexibility index (Phi) is 3.94. The first-order valence-electron chi connectivity index (χ1n) is 7.66. The van der Waals surface area contributed by atoms with Crippen LogP contribution in [0, 0.1) is 5.92 Å². The van der Waals surface area contributed by atoms with Crippen LogP contribution in [0.25, 0.3) is 0 Å². The lowest BCUT2D eigenvalue weighted by atomic mass is 9.88. The Bertz CT molecular complexity index is 514. The summed E-state index contributed by atoms with van der Waals surface area (Å²) in [5.74, 6) is 0.783. The second-order valence-corrected chi connectivity index (χ2v) is 6.06. The summed E-state index contributed by atoms with van der Waals surface area (Å²) in [5, 5.41) is 4.09. The smallest absolute Gasteiger partial charge is 0.244 e. The minimum Gasteiger partial charge on any atom is -0.342 e. The van der Waals surface area contributed by atoms with Crippen molar-refractivity contribution >= 4 is 11.8 Å². The summed E-state index contributed by atoms with van der Waals surface area (Å²) < 4.78 is 1.66.